The molecule has 0 unspecified atom stereocenters. The molecule has 6 nitrogen and oxygen atoms in total. The Balaban J connectivity index is 1.92. The smallest absolute Gasteiger partial charge is 0.250 e. The molecule has 20 heavy (non-hydrogen) atoms. The van der Waals surface area contributed by atoms with E-state index >= 15 is 0 Å². The molecule has 1 aliphatic heterocycles. The lowest BCUT2D eigenvalue weighted by Gasteiger charge is -2.11. The van der Waals surface area contributed by atoms with E-state index in [2.05, 4.69) is 5.32 Å². The number of carbonyl (C=O) groups is 1. The van der Waals surface area contributed by atoms with Gasteiger partial charge in [-0.15, -0.1) is 0 Å². The first-order valence-electron chi connectivity index (χ1n) is 6.00. The van der Waals surface area contributed by atoms with E-state index in [-0.39, 0.29) is 12.4 Å². The van der Waals surface area contributed by atoms with Crippen LogP contribution in [0.3, 0.4) is 0 Å². The number of para-hydroxylation sites is 1. The Kier molecular flexibility index (Phi) is 2.83. The minimum atomic E-state index is -0.558. The molecule has 2 aromatic rings. The lowest BCUT2D eigenvalue weighted by atomic mass is 10.1. The number of nitrogens with two attached hydrogens (primary N) is 2. The summed E-state index contributed by atoms with van der Waals surface area (Å²) in [5.41, 5.74) is 13.2. The zero-order valence-electron chi connectivity index (χ0n) is 10.6. The lowest BCUT2D eigenvalue weighted by Crippen LogP contribution is -2.14. The first-order chi connectivity index (χ1) is 9.65. The van der Waals surface area contributed by atoms with Crippen molar-refractivity contribution >= 4 is 23.0 Å². The van der Waals surface area contributed by atoms with Gasteiger partial charge in [0.1, 0.15) is 0 Å². The molecule has 6 heteroatoms. The first-order valence-corrected chi connectivity index (χ1v) is 6.00. The van der Waals surface area contributed by atoms with E-state index in [1.54, 1.807) is 30.3 Å². The number of fused-ring (bicyclic) bond motifs is 1. The Morgan fingerprint density at radius 2 is 1.95 bits per heavy atom. The molecule has 0 saturated carbocycles. The molecule has 0 spiro atoms. The molecule has 0 bridgehead atoms. The van der Waals surface area contributed by atoms with E-state index in [4.69, 9.17) is 20.9 Å². The quantitative estimate of drug-likeness (QED) is 0.740. The molecule has 5 N–H and O–H groups in total. The maximum absolute atomic E-state index is 11.3. The number of anilines is 3. The molecule has 0 fully saturated rings. The zero-order chi connectivity index (χ0) is 14.1. The number of nitrogens with one attached hydrogen (secondary N) is 1. The summed E-state index contributed by atoms with van der Waals surface area (Å²) in [6.07, 6.45) is 0. The fourth-order valence-electron chi connectivity index (χ4n) is 2.02. The minimum Gasteiger partial charge on any atom is -0.454 e. The highest BCUT2D eigenvalue weighted by Gasteiger charge is 2.14. The largest absolute Gasteiger partial charge is 0.454 e. The van der Waals surface area contributed by atoms with Crippen molar-refractivity contribution in [3.8, 4) is 11.5 Å². The van der Waals surface area contributed by atoms with Crippen molar-refractivity contribution in [1.29, 1.82) is 0 Å². The van der Waals surface area contributed by atoms with Crippen LogP contribution in [0.15, 0.2) is 36.4 Å². The molecule has 102 valence electrons. The van der Waals surface area contributed by atoms with Gasteiger partial charge in [0.05, 0.1) is 16.9 Å². The molecule has 0 radical (unpaired) electrons. The van der Waals surface area contributed by atoms with Crippen LogP contribution < -0.4 is 26.3 Å². The van der Waals surface area contributed by atoms with E-state index in [0.29, 0.717) is 22.9 Å². The summed E-state index contributed by atoms with van der Waals surface area (Å²) in [5.74, 6) is 0.811. The molecule has 2 aromatic carbocycles. The van der Waals surface area contributed by atoms with Crippen molar-refractivity contribution in [3.05, 3.63) is 42.0 Å². The average Bonchev–Trinajstić information content (AvgIpc) is 2.88. The Morgan fingerprint density at radius 1 is 1.15 bits per heavy atom. The summed E-state index contributed by atoms with van der Waals surface area (Å²) < 4.78 is 10.5. The highest BCUT2D eigenvalue weighted by Crippen LogP contribution is 2.36. The topological polar surface area (TPSA) is 99.6 Å². The van der Waals surface area contributed by atoms with E-state index in [0.717, 1.165) is 5.69 Å². The zero-order valence-corrected chi connectivity index (χ0v) is 10.6. The van der Waals surface area contributed by atoms with Crippen LogP contribution in [-0.2, 0) is 0 Å². The van der Waals surface area contributed by atoms with Gasteiger partial charge in [-0.25, -0.2) is 0 Å². The predicted molar refractivity (Wildman–Crippen MR) is 75.2 cm³/mol. The van der Waals surface area contributed by atoms with E-state index in [1.807, 2.05) is 6.07 Å². The Bertz CT molecular complexity index is 685. The van der Waals surface area contributed by atoms with Crippen molar-refractivity contribution in [3.63, 3.8) is 0 Å². The van der Waals surface area contributed by atoms with Gasteiger partial charge in [0.15, 0.2) is 11.5 Å². The third kappa shape index (κ3) is 2.07. The Morgan fingerprint density at radius 3 is 2.75 bits per heavy atom. The number of amides is 1. The van der Waals surface area contributed by atoms with Crippen LogP contribution in [0, 0.1) is 0 Å². The first kappa shape index (κ1) is 12.2. The summed E-state index contributed by atoms with van der Waals surface area (Å²) in [6.45, 7) is 0.220. The van der Waals surface area contributed by atoms with Crippen LogP contribution >= 0.6 is 0 Å². The summed E-state index contributed by atoms with van der Waals surface area (Å²) in [5, 5.41) is 3.13. The second-order valence-electron chi connectivity index (χ2n) is 4.32. The predicted octanol–water partition coefficient (Wildman–Crippen LogP) is 1.84. The third-order valence-corrected chi connectivity index (χ3v) is 3.02. The number of carbonyl (C=O) groups excluding carboxylic acids is 1. The molecule has 0 aromatic heterocycles. The van der Waals surface area contributed by atoms with Crippen molar-refractivity contribution < 1.29 is 14.3 Å². The van der Waals surface area contributed by atoms with Gasteiger partial charge >= 0.3 is 0 Å². The summed E-state index contributed by atoms with van der Waals surface area (Å²) >= 11 is 0. The molecular weight excluding hydrogens is 258 g/mol. The van der Waals surface area contributed by atoms with E-state index < -0.39 is 5.91 Å². The Hall–Kier alpha value is -2.89. The van der Waals surface area contributed by atoms with Crippen molar-refractivity contribution in [2.24, 2.45) is 5.73 Å². The van der Waals surface area contributed by atoms with Crippen LogP contribution in [0.1, 0.15) is 10.4 Å². The number of hydrogen-bond donors (Lipinski definition) is 3. The maximum Gasteiger partial charge on any atom is 0.250 e. The van der Waals surface area contributed by atoms with Gasteiger partial charge in [0.25, 0.3) is 5.91 Å². The fourth-order valence-corrected chi connectivity index (χ4v) is 2.02. The average molecular weight is 271 g/mol. The third-order valence-electron chi connectivity index (χ3n) is 3.02. The standard InChI is InChI=1S/C14H13N3O3/c15-13-9(14(16)18)2-1-3-10(13)17-8-4-5-11-12(6-8)20-7-19-11/h1-6,17H,7,15H2,(H2,16,18). The molecule has 1 heterocycles. The normalized spacial score (nSPS) is 12.2. The van der Waals surface area contributed by atoms with Crippen molar-refractivity contribution in [1.82, 2.24) is 0 Å². The van der Waals surface area contributed by atoms with Gasteiger partial charge < -0.3 is 26.3 Å². The van der Waals surface area contributed by atoms with Crippen molar-refractivity contribution in [2.75, 3.05) is 17.8 Å². The van der Waals surface area contributed by atoms with Gasteiger partial charge in [-0.1, -0.05) is 6.07 Å². The molecule has 1 amide bonds. The number of primary amides is 1. The van der Waals surface area contributed by atoms with Crippen LogP contribution in [0.4, 0.5) is 17.1 Å². The van der Waals surface area contributed by atoms with Gasteiger partial charge in [-0.05, 0) is 24.3 Å². The SMILES string of the molecule is NC(=O)c1cccc(Nc2ccc3c(c2)OCO3)c1N. The van der Waals surface area contributed by atoms with Crippen LogP contribution in [0.5, 0.6) is 11.5 Å². The maximum atomic E-state index is 11.3. The summed E-state index contributed by atoms with van der Waals surface area (Å²) in [6, 6.07) is 10.5. The van der Waals surface area contributed by atoms with Gasteiger partial charge in [0.2, 0.25) is 6.79 Å². The van der Waals surface area contributed by atoms with Gasteiger partial charge in [-0.2, -0.15) is 0 Å². The lowest BCUT2D eigenvalue weighted by molar-refractivity contribution is 0.100. The second-order valence-corrected chi connectivity index (χ2v) is 4.32. The molecule has 1 aliphatic rings. The molecule has 0 saturated heterocycles. The van der Waals surface area contributed by atoms with Gasteiger partial charge in [0, 0.05) is 11.8 Å². The Labute approximate surface area is 115 Å². The van der Waals surface area contributed by atoms with Crippen LogP contribution in [0.25, 0.3) is 0 Å². The van der Waals surface area contributed by atoms with E-state index in [1.165, 1.54) is 0 Å². The monoisotopic (exact) mass is 271 g/mol. The number of rotatable bonds is 3. The summed E-state index contributed by atoms with van der Waals surface area (Å²) in [7, 11) is 0. The number of ether oxygens (including phenoxy) is 2. The minimum absolute atomic E-state index is 0.220. The van der Waals surface area contributed by atoms with E-state index in [9.17, 15) is 4.79 Å². The number of hydrogen-bond acceptors (Lipinski definition) is 5. The highest BCUT2D eigenvalue weighted by atomic mass is 16.7. The molecule has 0 aliphatic carbocycles. The van der Waals surface area contributed by atoms with Gasteiger partial charge in [-0.3, -0.25) is 4.79 Å². The highest BCUT2D eigenvalue weighted by molar-refractivity contribution is 6.01. The molecule has 0 atom stereocenters. The van der Waals surface area contributed by atoms with Crippen LogP contribution in [0.2, 0.25) is 0 Å². The molecular formula is C14H13N3O3. The second kappa shape index (κ2) is 4.65. The van der Waals surface area contributed by atoms with Crippen molar-refractivity contribution in [2.45, 2.75) is 0 Å². The number of benzene rings is 2. The molecule has 3 rings (SSSR count). The number of nitrogen functional groups attached to an aromatic ring is 1. The van der Waals surface area contributed by atoms with Crippen LogP contribution in [-0.4, -0.2) is 12.7 Å². The fraction of sp³-hybridized carbons (Fsp3) is 0.0714. The summed E-state index contributed by atoms with van der Waals surface area (Å²) in [4.78, 5) is 11.3.